The second-order valence-electron chi connectivity index (χ2n) is 4.16. The fraction of sp³-hybridized carbons (Fsp3) is 0.455. The van der Waals surface area contributed by atoms with Crippen LogP contribution in [0.5, 0.6) is 11.5 Å². The monoisotopic (exact) mass is 180 g/mol. The number of hydrogen-bond donors (Lipinski definition) is 1. The Morgan fingerprint density at radius 3 is 2.38 bits per heavy atom. The van der Waals surface area contributed by atoms with Crippen LogP contribution < -0.4 is 4.74 Å². The highest BCUT2D eigenvalue weighted by molar-refractivity contribution is 5.39. The first-order valence-corrected chi connectivity index (χ1v) is 4.37. The summed E-state index contributed by atoms with van der Waals surface area (Å²) < 4.78 is 5.65. The third-order valence-electron chi connectivity index (χ3n) is 1.59. The van der Waals surface area contributed by atoms with Gasteiger partial charge in [0.05, 0.1) is 0 Å². The van der Waals surface area contributed by atoms with Crippen LogP contribution in [0.4, 0.5) is 0 Å². The van der Waals surface area contributed by atoms with Gasteiger partial charge in [0, 0.05) is 6.07 Å². The predicted molar refractivity (Wildman–Crippen MR) is 53.2 cm³/mol. The van der Waals surface area contributed by atoms with E-state index in [1.807, 2.05) is 33.8 Å². The van der Waals surface area contributed by atoms with Crippen molar-refractivity contribution in [2.45, 2.75) is 33.3 Å². The van der Waals surface area contributed by atoms with Gasteiger partial charge in [-0.3, -0.25) is 0 Å². The Bertz CT molecular complexity index is 297. The van der Waals surface area contributed by atoms with Crippen LogP contribution in [0.15, 0.2) is 18.2 Å². The van der Waals surface area contributed by atoms with Crippen molar-refractivity contribution in [3.05, 3.63) is 23.8 Å². The fourth-order valence-electron chi connectivity index (χ4n) is 1.03. The van der Waals surface area contributed by atoms with Crippen molar-refractivity contribution in [3.8, 4) is 11.5 Å². The minimum Gasteiger partial charge on any atom is -0.508 e. The zero-order valence-electron chi connectivity index (χ0n) is 8.59. The van der Waals surface area contributed by atoms with Gasteiger partial charge in [0.1, 0.15) is 17.1 Å². The van der Waals surface area contributed by atoms with Crippen molar-refractivity contribution in [1.82, 2.24) is 0 Å². The lowest BCUT2D eigenvalue weighted by atomic mass is 10.1. The lowest BCUT2D eigenvalue weighted by Crippen LogP contribution is -2.23. The van der Waals surface area contributed by atoms with E-state index in [-0.39, 0.29) is 11.4 Å². The molecule has 13 heavy (non-hydrogen) atoms. The number of rotatable bonds is 1. The molecule has 0 fully saturated rings. The smallest absolute Gasteiger partial charge is 0.126 e. The molecule has 0 aliphatic heterocycles. The van der Waals surface area contributed by atoms with Crippen LogP contribution in [-0.2, 0) is 0 Å². The molecule has 0 unspecified atom stereocenters. The topological polar surface area (TPSA) is 29.5 Å². The summed E-state index contributed by atoms with van der Waals surface area (Å²) in [5.74, 6) is 0.984. The Labute approximate surface area is 79.2 Å². The van der Waals surface area contributed by atoms with Crippen molar-refractivity contribution in [1.29, 1.82) is 0 Å². The molecule has 72 valence electrons. The van der Waals surface area contributed by atoms with Crippen LogP contribution in [0.1, 0.15) is 26.3 Å². The molecule has 0 atom stereocenters. The number of aromatic hydroxyl groups is 1. The quantitative estimate of drug-likeness (QED) is 0.720. The maximum absolute atomic E-state index is 9.25. The number of phenolic OH excluding ortho intramolecular Hbond substituents is 1. The van der Waals surface area contributed by atoms with Gasteiger partial charge in [-0.05, 0) is 39.3 Å². The maximum Gasteiger partial charge on any atom is 0.126 e. The molecule has 0 amide bonds. The van der Waals surface area contributed by atoms with Crippen LogP contribution in [0.2, 0.25) is 0 Å². The molecule has 0 aromatic heterocycles. The Balaban J connectivity index is 2.94. The van der Waals surface area contributed by atoms with E-state index in [0.717, 1.165) is 11.3 Å². The van der Waals surface area contributed by atoms with Crippen molar-refractivity contribution < 1.29 is 9.84 Å². The average molecular weight is 180 g/mol. The molecule has 0 aliphatic carbocycles. The van der Waals surface area contributed by atoms with Gasteiger partial charge in [-0.25, -0.2) is 0 Å². The van der Waals surface area contributed by atoms with Gasteiger partial charge in [-0.15, -0.1) is 0 Å². The molecule has 0 heterocycles. The lowest BCUT2D eigenvalue weighted by Gasteiger charge is -2.22. The summed E-state index contributed by atoms with van der Waals surface area (Å²) in [6.07, 6.45) is 0. The molecular formula is C11H16O2. The van der Waals surface area contributed by atoms with E-state index in [2.05, 4.69) is 0 Å². The summed E-state index contributed by atoms with van der Waals surface area (Å²) in [6.45, 7) is 7.91. The number of aryl methyl sites for hydroxylation is 1. The van der Waals surface area contributed by atoms with Crippen LogP contribution in [0.25, 0.3) is 0 Å². The summed E-state index contributed by atoms with van der Waals surface area (Å²) in [7, 11) is 0. The highest BCUT2D eigenvalue weighted by Crippen LogP contribution is 2.26. The molecule has 1 aromatic carbocycles. The highest BCUT2D eigenvalue weighted by Gasteiger charge is 2.13. The Morgan fingerprint density at radius 2 is 1.85 bits per heavy atom. The molecule has 0 saturated heterocycles. The third kappa shape index (κ3) is 2.98. The van der Waals surface area contributed by atoms with Gasteiger partial charge >= 0.3 is 0 Å². The normalized spacial score (nSPS) is 11.4. The molecule has 2 heteroatoms. The summed E-state index contributed by atoms with van der Waals surface area (Å²) in [4.78, 5) is 0. The fourth-order valence-corrected chi connectivity index (χ4v) is 1.03. The van der Waals surface area contributed by atoms with E-state index in [4.69, 9.17) is 4.74 Å². The van der Waals surface area contributed by atoms with Crippen LogP contribution in [0.3, 0.4) is 0 Å². The molecule has 1 rings (SSSR count). The van der Waals surface area contributed by atoms with Crippen molar-refractivity contribution in [2.24, 2.45) is 0 Å². The minimum absolute atomic E-state index is 0.224. The molecule has 1 aromatic rings. The third-order valence-corrected chi connectivity index (χ3v) is 1.59. The van der Waals surface area contributed by atoms with E-state index < -0.39 is 0 Å². The van der Waals surface area contributed by atoms with Crippen molar-refractivity contribution in [3.63, 3.8) is 0 Å². The van der Waals surface area contributed by atoms with Crippen molar-refractivity contribution in [2.75, 3.05) is 0 Å². The Kier molecular flexibility index (Phi) is 2.50. The predicted octanol–water partition coefficient (Wildman–Crippen LogP) is 2.88. The van der Waals surface area contributed by atoms with Gasteiger partial charge in [-0.1, -0.05) is 6.07 Å². The first-order chi connectivity index (χ1) is 5.88. The lowest BCUT2D eigenvalue weighted by molar-refractivity contribution is 0.129. The number of benzene rings is 1. The van der Waals surface area contributed by atoms with E-state index in [0.29, 0.717) is 0 Å². The standard InChI is InChI=1S/C11H16O2/c1-8-5-6-9(12)7-10(8)13-11(2,3)4/h5-7,12H,1-4H3. The molecule has 0 bridgehead atoms. The second kappa shape index (κ2) is 3.29. The molecule has 0 aliphatic rings. The molecule has 2 nitrogen and oxygen atoms in total. The van der Waals surface area contributed by atoms with Crippen LogP contribution in [0, 0.1) is 6.92 Å². The number of ether oxygens (including phenoxy) is 1. The van der Waals surface area contributed by atoms with E-state index in [9.17, 15) is 5.11 Å². The second-order valence-corrected chi connectivity index (χ2v) is 4.16. The Hall–Kier alpha value is -1.18. The molecule has 0 radical (unpaired) electrons. The SMILES string of the molecule is Cc1ccc(O)cc1OC(C)(C)C. The Morgan fingerprint density at radius 1 is 1.23 bits per heavy atom. The zero-order chi connectivity index (χ0) is 10.1. The van der Waals surface area contributed by atoms with Crippen LogP contribution in [-0.4, -0.2) is 10.7 Å². The van der Waals surface area contributed by atoms with Gasteiger partial charge in [-0.2, -0.15) is 0 Å². The summed E-state index contributed by atoms with van der Waals surface area (Å²) in [5, 5.41) is 9.25. The van der Waals surface area contributed by atoms with Gasteiger partial charge in [0.25, 0.3) is 0 Å². The minimum atomic E-state index is -0.224. The molecule has 0 spiro atoms. The molecular weight excluding hydrogens is 164 g/mol. The van der Waals surface area contributed by atoms with E-state index >= 15 is 0 Å². The summed E-state index contributed by atoms with van der Waals surface area (Å²) >= 11 is 0. The van der Waals surface area contributed by atoms with E-state index in [1.54, 1.807) is 12.1 Å². The first-order valence-electron chi connectivity index (χ1n) is 4.37. The van der Waals surface area contributed by atoms with Crippen molar-refractivity contribution >= 4 is 0 Å². The van der Waals surface area contributed by atoms with Gasteiger partial charge in [0.2, 0.25) is 0 Å². The number of hydrogen-bond acceptors (Lipinski definition) is 2. The van der Waals surface area contributed by atoms with Crippen LogP contribution >= 0.6 is 0 Å². The highest BCUT2D eigenvalue weighted by atomic mass is 16.5. The first kappa shape index (κ1) is 9.90. The van der Waals surface area contributed by atoms with Gasteiger partial charge < -0.3 is 9.84 Å². The zero-order valence-corrected chi connectivity index (χ0v) is 8.59. The maximum atomic E-state index is 9.25. The van der Waals surface area contributed by atoms with E-state index in [1.165, 1.54) is 0 Å². The van der Waals surface area contributed by atoms with Gasteiger partial charge in [0.15, 0.2) is 0 Å². The summed E-state index contributed by atoms with van der Waals surface area (Å²) in [6, 6.07) is 5.14. The summed E-state index contributed by atoms with van der Waals surface area (Å²) in [5.41, 5.74) is 0.811. The number of phenols is 1. The average Bonchev–Trinajstić information content (AvgIpc) is 1.94. The molecule has 1 N–H and O–H groups in total. The molecule has 0 saturated carbocycles. The largest absolute Gasteiger partial charge is 0.508 e.